The third-order valence-corrected chi connectivity index (χ3v) is 2.18. The fraction of sp³-hybridized carbons (Fsp3) is 0.400. The predicted molar refractivity (Wildman–Crippen MR) is 58.1 cm³/mol. The van der Waals surface area contributed by atoms with E-state index in [0.29, 0.717) is 12.2 Å². The summed E-state index contributed by atoms with van der Waals surface area (Å²) in [6.45, 7) is -0.803. The summed E-state index contributed by atoms with van der Waals surface area (Å²) in [5.41, 5.74) is 1.61. The van der Waals surface area contributed by atoms with Crippen LogP contribution >= 0.6 is 0 Å². The van der Waals surface area contributed by atoms with Crippen molar-refractivity contribution in [2.24, 2.45) is 0 Å². The van der Waals surface area contributed by atoms with Crippen LogP contribution in [0.1, 0.15) is 12.5 Å². The average Bonchev–Trinajstić information content (AvgIpc) is 2.13. The van der Waals surface area contributed by atoms with Gasteiger partial charge in [-0.15, -0.1) is 0 Å². The second-order valence-corrected chi connectivity index (χ2v) is 3.59. The molecule has 0 N–H and O–H groups in total. The fourth-order valence-electron chi connectivity index (χ4n) is 1.49. The smallest absolute Gasteiger partial charge is 0.448 e. The van der Waals surface area contributed by atoms with Crippen molar-refractivity contribution in [3.63, 3.8) is 0 Å². The molecule has 0 amide bonds. The van der Waals surface area contributed by atoms with Crippen molar-refractivity contribution in [3.05, 3.63) is 29.8 Å². The van der Waals surface area contributed by atoms with Gasteiger partial charge in [-0.05, 0) is 38.0 Å². The standard InChI is InChI=1S/C10H14BF3N/c1-3-15(8-11(12,13)14)10-6-4-5-9(2)7-10/h4-7H,3,8H2,1-2H3/q-1. The second kappa shape index (κ2) is 4.60. The number of halogens is 3. The molecule has 0 atom stereocenters. The van der Waals surface area contributed by atoms with Crippen LogP contribution in [0, 0.1) is 6.92 Å². The first-order chi connectivity index (χ1) is 6.92. The van der Waals surface area contributed by atoms with Gasteiger partial charge < -0.3 is 17.8 Å². The van der Waals surface area contributed by atoms with E-state index in [9.17, 15) is 12.9 Å². The van der Waals surface area contributed by atoms with E-state index >= 15 is 0 Å². The second-order valence-electron chi connectivity index (χ2n) is 3.59. The van der Waals surface area contributed by atoms with Crippen LogP contribution in [0.3, 0.4) is 0 Å². The van der Waals surface area contributed by atoms with Gasteiger partial charge in [0.2, 0.25) is 0 Å². The lowest BCUT2D eigenvalue weighted by molar-refractivity contribution is 0.467. The highest BCUT2D eigenvalue weighted by molar-refractivity contribution is 6.59. The molecule has 1 rings (SSSR count). The van der Waals surface area contributed by atoms with Crippen molar-refractivity contribution in [1.29, 1.82) is 0 Å². The molecule has 1 nitrogen and oxygen atoms in total. The van der Waals surface area contributed by atoms with E-state index in [0.717, 1.165) is 5.56 Å². The molecule has 0 aliphatic heterocycles. The van der Waals surface area contributed by atoms with E-state index in [-0.39, 0.29) is 0 Å². The van der Waals surface area contributed by atoms with Gasteiger partial charge in [0.25, 0.3) is 0 Å². The van der Waals surface area contributed by atoms with Gasteiger partial charge in [0, 0.05) is 12.2 Å². The molecule has 1 aromatic carbocycles. The number of hydrogen-bond acceptors (Lipinski definition) is 1. The predicted octanol–water partition coefficient (Wildman–Crippen LogP) is 3.21. The van der Waals surface area contributed by atoms with E-state index in [1.807, 2.05) is 13.0 Å². The minimum atomic E-state index is -4.77. The van der Waals surface area contributed by atoms with Gasteiger partial charge in [-0.25, -0.2) is 0 Å². The maximum Gasteiger partial charge on any atom is 0.497 e. The van der Waals surface area contributed by atoms with Crippen molar-refractivity contribution in [3.8, 4) is 0 Å². The van der Waals surface area contributed by atoms with Crippen LogP contribution in [0.15, 0.2) is 24.3 Å². The molecular weight excluding hydrogens is 202 g/mol. The molecule has 15 heavy (non-hydrogen) atoms. The van der Waals surface area contributed by atoms with Crippen molar-refractivity contribution >= 4 is 12.7 Å². The summed E-state index contributed by atoms with van der Waals surface area (Å²) in [6.07, 6.45) is -0.833. The lowest BCUT2D eigenvalue weighted by Crippen LogP contribution is -2.38. The third-order valence-electron chi connectivity index (χ3n) is 2.18. The monoisotopic (exact) mass is 216 g/mol. The lowest BCUT2D eigenvalue weighted by Gasteiger charge is -2.29. The first-order valence-electron chi connectivity index (χ1n) is 4.95. The Hall–Kier alpha value is -1.13. The van der Waals surface area contributed by atoms with Gasteiger partial charge in [0.1, 0.15) is 0 Å². The third kappa shape index (κ3) is 3.85. The average molecular weight is 216 g/mol. The van der Waals surface area contributed by atoms with Crippen LogP contribution in [0.2, 0.25) is 0 Å². The summed E-state index contributed by atoms with van der Waals surface area (Å²) in [6, 6.07) is 7.12. The van der Waals surface area contributed by atoms with Gasteiger partial charge in [0.05, 0.1) is 0 Å². The number of hydrogen-bond donors (Lipinski definition) is 0. The molecule has 0 saturated heterocycles. The van der Waals surface area contributed by atoms with Crippen molar-refractivity contribution in [2.75, 3.05) is 17.9 Å². The Morgan fingerprint density at radius 1 is 1.27 bits per heavy atom. The Kier molecular flexibility index (Phi) is 3.66. The summed E-state index contributed by atoms with van der Waals surface area (Å²) in [4.78, 5) is 1.34. The number of aryl methyl sites for hydroxylation is 1. The van der Waals surface area contributed by atoms with Gasteiger partial charge >= 0.3 is 6.98 Å². The molecule has 0 spiro atoms. The zero-order valence-electron chi connectivity index (χ0n) is 8.88. The minimum Gasteiger partial charge on any atom is -0.448 e. The molecule has 0 fully saturated rings. The lowest BCUT2D eigenvalue weighted by atomic mass is 9.91. The molecule has 0 aliphatic rings. The zero-order valence-corrected chi connectivity index (χ0v) is 8.88. The summed E-state index contributed by atoms with van der Waals surface area (Å²) >= 11 is 0. The topological polar surface area (TPSA) is 3.24 Å². The Morgan fingerprint density at radius 2 is 1.93 bits per heavy atom. The van der Waals surface area contributed by atoms with Crippen molar-refractivity contribution < 1.29 is 12.9 Å². The molecule has 0 heterocycles. The summed E-state index contributed by atoms with van der Waals surface area (Å²) in [7, 11) is 0. The molecule has 84 valence electrons. The molecular formula is C10H14BF3N-. The maximum atomic E-state index is 12.3. The maximum absolute atomic E-state index is 12.3. The molecule has 0 unspecified atom stereocenters. The van der Waals surface area contributed by atoms with Crippen LogP contribution < -0.4 is 4.90 Å². The van der Waals surface area contributed by atoms with Gasteiger partial charge in [0.15, 0.2) is 0 Å². The van der Waals surface area contributed by atoms with Crippen LogP contribution in [-0.4, -0.2) is 20.0 Å². The molecule has 0 aromatic heterocycles. The van der Waals surface area contributed by atoms with Crippen LogP contribution in [-0.2, 0) is 0 Å². The van der Waals surface area contributed by atoms with E-state index in [1.54, 1.807) is 25.1 Å². The van der Waals surface area contributed by atoms with E-state index in [2.05, 4.69) is 0 Å². The van der Waals surface area contributed by atoms with E-state index < -0.39 is 13.4 Å². The number of rotatable bonds is 4. The summed E-state index contributed by atoms with van der Waals surface area (Å²) in [5.74, 6) is 0. The van der Waals surface area contributed by atoms with Gasteiger partial charge in [-0.2, -0.15) is 0 Å². The van der Waals surface area contributed by atoms with Gasteiger partial charge in [-0.3, -0.25) is 0 Å². The molecule has 0 aliphatic carbocycles. The first kappa shape index (κ1) is 11.9. The molecule has 0 saturated carbocycles. The Labute approximate surface area is 88.0 Å². The van der Waals surface area contributed by atoms with E-state index in [4.69, 9.17) is 0 Å². The Bertz CT molecular complexity index is 325. The summed E-state index contributed by atoms with van der Waals surface area (Å²) in [5, 5.41) is 0. The van der Waals surface area contributed by atoms with Gasteiger partial charge in [-0.1, -0.05) is 12.1 Å². The highest BCUT2D eigenvalue weighted by Gasteiger charge is 2.26. The molecule has 5 heteroatoms. The highest BCUT2D eigenvalue weighted by atomic mass is 19.4. The number of anilines is 1. The molecule has 0 bridgehead atoms. The van der Waals surface area contributed by atoms with Crippen LogP contribution in [0.5, 0.6) is 0 Å². The van der Waals surface area contributed by atoms with Crippen molar-refractivity contribution in [1.82, 2.24) is 0 Å². The molecule has 0 radical (unpaired) electrons. The van der Waals surface area contributed by atoms with Crippen LogP contribution in [0.25, 0.3) is 0 Å². The highest BCUT2D eigenvalue weighted by Crippen LogP contribution is 2.19. The Balaban J connectivity index is 2.83. The van der Waals surface area contributed by atoms with E-state index in [1.165, 1.54) is 4.90 Å². The largest absolute Gasteiger partial charge is 0.497 e. The molecule has 1 aromatic rings. The summed E-state index contributed by atoms with van der Waals surface area (Å²) < 4.78 is 36.9. The SMILES string of the molecule is CCN(C[B-](F)(F)F)c1cccc(C)c1. The van der Waals surface area contributed by atoms with Crippen molar-refractivity contribution in [2.45, 2.75) is 13.8 Å². The minimum absolute atomic E-state index is 0.366. The number of benzene rings is 1. The zero-order chi connectivity index (χ0) is 11.5. The normalized spacial score (nSPS) is 11.5. The quantitative estimate of drug-likeness (QED) is 0.698. The van der Waals surface area contributed by atoms with Crippen LogP contribution in [0.4, 0.5) is 18.6 Å². The Morgan fingerprint density at radius 3 is 2.40 bits per heavy atom. The number of nitrogens with zero attached hydrogens (tertiary/aromatic N) is 1. The first-order valence-corrected chi connectivity index (χ1v) is 4.95. The fourth-order valence-corrected chi connectivity index (χ4v) is 1.49.